The van der Waals surface area contributed by atoms with Gasteiger partial charge >= 0.3 is 6.03 Å². The number of amides is 2. The number of aromatic nitrogens is 4. The zero-order valence-electron chi connectivity index (χ0n) is 18.6. The van der Waals surface area contributed by atoms with Crippen molar-refractivity contribution >= 4 is 11.7 Å². The van der Waals surface area contributed by atoms with Crippen LogP contribution in [-0.2, 0) is 6.54 Å². The van der Waals surface area contributed by atoms with Gasteiger partial charge in [0, 0.05) is 30.4 Å². The number of rotatable bonds is 8. The number of unbranched alkanes of at least 4 members (excludes halogenated alkanes) is 1. The summed E-state index contributed by atoms with van der Waals surface area (Å²) < 4.78 is 26.7. The highest BCUT2D eigenvalue weighted by molar-refractivity contribution is 5.89. The standard InChI is InChI=1S/C25H24F2N6O/c1-2-3-14-33(25(34)28-19-12-13-22(26)23(27)15-19)16-17-8-10-18(11-9-17)20-6-4-5-7-21(20)24-29-31-32-30-24/h4-13,15H,2-3,14,16H2,1H3,(H,28,34)(H,29,30,31,32). The lowest BCUT2D eigenvalue weighted by Crippen LogP contribution is -2.35. The first kappa shape index (κ1) is 23.0. The lowest BCUT2D eigenvalue weighted by atomic mass is 9.98. The van der Waals surface area contributed by atoms with Gasteiger partial charge in [-0.15, -0.1) is 5.10 Å². The van der Waals surface area contributed by atoms with Crippen LogP contribution in [0.25, 0.3) is 22.5 Å². The molecular formula is C25H24F2N6O. The van der Waals surface area contributed by atoms with E-state index in [0.29, 0.717) is 18.9 Å². The van der Waals surface area contributed by atoms with E-state index in [1.165, 1.54) is 6.07 Å². The predicted molar refractivity (Wildman–Crippen MR) is 126 cm³/mol. The average molecular weight is 463 g/mol. The van der Waals surface area contributed by atoms with Crippen molar-refractivity contribution in [1.82, 2.24) is 25.5 Å². The lowest BCUT2D eigenvalue weighted by molar-refractivity contribution is 0.208. The smallest absolute Gasteiger partial charge is 0.320 e. The second-order valence-electron chi connectivity index (χ2n) is 7.83. The molecule has 0 aliphatic heterocycles. The van der Waals surface area contributed by atoms with Gasteiger partial charge in [-0.05, 0) is 45.7 Å². The third-order valence-corrected chi connectivity index (χ3v) is 5.41. The first-order valence-corrected chi connectivity index (χ1v) is 11.0. The monoisotopic (exact) mass is 462 g/mol. The number of carbonyl (C=O) groups is 1. The van der Waals surface area contributed by atoms with Gasteiger partial charge in [0.2, 0.25) is 0 Å². The van der Waals surface area contributed by atoms with Crippen LogP contribution in [0, 0.1) is 11.6 Å². The number of nitrogens with zero attached hydrogens (tertiary/aromatic N) is 4. The number of aromatic amines is 1. The predicted octanol–water partition coefficient (Wildman–Crippen LogP) is 5.65. The largest absolute Gasteiger partial charge is 0.322 e. The van der Waals surface area contributed by atoms with Crippen molar-refractivity contribution < 1.29 is 13.6 Å². The molecule has 34 heavy (non-hydrogen) atoms. The number of H-pyrrole nitrogens is 1. The van der Waals surface area contributed by atoms with Crippen molar-refractivity contribution in [2.45, 2.75) is 26.3 Å². The molecule has 2 N–H and O–H groups in total. The molecular weight excluding hydrogens is 438 g/mol. The van der Waals surface area contributed by atoms with E-state index in [-0.39, 0.29) is 11.7 Å². The normalized spacial score (nSPS) is 10.8. The molecule has 1 heterocycles. The summed E-state index contributed by atoms with van der Waals surface area (Å²) in [5.41, 5.74) is 4.00. The van der Waals surface area contributed by atoms with E-state index in [0.717, 1.165) is 47.2 Å². The summed E-state index contributed by atoms with van der Waals surface area (Å²) in [5, 5.41) is 16.8. The van der Waals surface area contributed by atoms with E-state index in [2.05, 4.69) is 25.9 Å². The van der Waals surface area contributed by atoms with Gasteiger partial charge in [0.25, 0.3) is 0 Å². The molecule has 0 spiro atoms. The Bertz CT molecular complexity index is 1240. The Labute approximate surface area is 195 Å². The van der Waals surface area contributed by atoms with E-state index < -0.39 is 11.6 Å². The highest BCUT2D eigenvalue weighted by Crippen LogP contribution is 2.30. The van der Waals surface area contributed by atoms with E-state index in [9.17, 15) is 13.6 Å². The molecule has 3 aromatic carbocycles. The molecule has 4 aromatic rings. The number of carbonyl (C=O) groups excluding carboxylic acids is 1. The number of hydrogen-bond donors (Lipinski definition) is 2. The molecule has 174 valence electrons. The van der Waals surface area contributed by atoms with Crippen LogP contribution in [-0.4, -0.2) is 38.1 Å². The summed E-state index contributed by atoms with van der Waals surface area (Å²) in [6, 6.07) is 18.7. The molecule has 1 aromatic heterocycles. The maximum Gasteiger partial charge on any atom is 0.322 e. The lowest BCUT2D eigenvalue weighted by Gasteiger charge is -2.23. The minimum atomic E-state index is -1.00. The molecule has 4 rings (SSSR count). The van der Waals surface area contributed by atoms with Gasteiger partial charge in [-0.1, -0.05) is 61.9 Å². The fraction of sp³-hybridized carbons (Fsp3) is 0.200. The number of anilines is 1. The van der Waals surface area contributed by atoms with Crippen LogP contribution >= 0.6 is 0 Å². The highest BCUT2D eigenvalue weighted by atomic mass is 19.2. The molecule has 0 bridgehead atoms. The SMILES string of the molecule is CCCCN(Cc1ccc(-c2ccccc2-c2nnn[nH]2)cc1)C(=O)Nc1ccc(F)c(F)c1. The minimum Gasteiger partial charge on any atom is -0.320 e. The van der Waals surface area contributed by atoms with Crippen LogP contribution in [0.15, 0.2) is 66.7 Å². The second kappa shape index (κ2) is 10.7. The summed E-state index contributed by atoms with van der Waals surface area (Å²) in [6.45, 7) is 2.96. The van der Waals surface area contributed by atoms with Crippen molar-refractivity contribution in [2.24, 2.45) is 0 Å². The molecule has 0 fully saturated rings. The Kier molecular flexibility index (Phi) is 7.22. The molecule has 7 nitrogen and oxygen atoms in total. The number of hydrogen-bond acceptors (Lipinski definition) is 4. The topological polar surface area (TPSA) is 86.8 Å². The van der Waals surface area contributed by atoms with Crippen LogP contribution < -0.4 is 5.32 Å². The van der Waals surface area contributed by atoms with Crippen molar-refractivity contribution in [3.63, 3.8) is 0 Å². The molecule has 0 radical (unpaired) electrons. The third-order valence-electron chi connectivity index (χ3n) is 5.41. The summed E-state index contributed by atoms with van der Waals surface area (Å²) in [5.74, 6) is -1.38. The Balaban J connectivity index is 1.51. The van der Waals surface area contributed by atoms with Gasteiger partial charge in [0.15, 0.2) is 17.5 Å². The summed E-state index contributed by atoms with van der Waals surface area (Å²) >= 11 is 0. The van der Waals surface area contributed by atoms with Crippen LogP contribution in [0.4, 0.5) is 19.3 Å². The Morgan fingerprint density at radius 3 is 2.44 bits per heavy atom. The van der Waals surface area contributed by atoms with E-state index in [1.54, 1.807) is 4.90 Å². The van der Waals surface area contributed by atoms with Gasteiger partial charge in [0.1, 0.15) is 0 Å². The quantitative estimate of drug-likeness (QED) is 0.354. The van der Waals surface area contributed by atoms with E-state index in [4.69, 9.17) is 0 Å². The molecule has 0 unspecified atom stereocenters. The zero-order valence-corrected chi connectivity index (χ0v) is 18.6. The number of benzene rings is 3. The van der Waals surface area contributed by atoms with Crippen LogP contribution in [0.1, 0.15) is 25.3 Å². The molecule has 0 aliphatic carbocycles. The van der Waals surface area contributed by atoms with Gasteiger partial charge in [0.05, 0.1) is 0 Å². The summed E-state index contributed by atoms with van der Waals surface area (Å²) in [6.07, 6.45) is 1.74. The summed E-state index contributed by atoms with van der Waals surface area (Å²) in [7, 11) is 0. The average Bonchev–Trinajstić information content (AvgIpc) is 3.39. The van der Waals surface area contributed by atoms with Crippen LogP contribution in [0.2, 0.25) is 0 Å². The van der Waals surface area contributed by atoms with Crippen molar-refractivity contribution in [2.75, 3.05) is 11.9 Å². The first-order chi connectivity index (χ1) is 16.5. The Morgan fingerprint density at radius 2 is 1.76 bits per heavy atom. The number of nitrogens with one attached hydrogen (secondary N) is 2. The van der Waals surface area contributed by atoms with Crippen LogP contribution in [0.3, 0.4) is 0 Å². The Hall–Kier alpha value is -4.14. The molecule has 9 heteroatoms. The van der Waals surface area contributed by atoms with Crippen molar-refractivity contribution in [3.05, 3.63) is 83.9 Å². The molecule has 0 saturated carbocycles. The van der Waals surface area contributed by atoms with Crippen LogP contribution in [0.5, 0.6) is 0 Å². The molecule has 0 atom stereocenters. The van der Waals surface area contributed by atoms with Gasteiger partial charge < -0.3 is 10.2 Å². The molecule has 0 saturated heterocycles. The van der Waals surface area contributed by atoms with E-state index >= 15 is 0 Å². The fourth-order valence-electron chi connectivity index (χ4n) is 3.60. The van der Waals surface area contributed by atoms with Gasteiger partial charge in [-0.3, -0.25) is 0 Å². The number of urea groups is 1. The number of tetrazole rings is 1. The van der Waals surface area contributed by atoms with E-state index in [1.807, 2.05) is 55.5 Å². The van der Waals surface area contributed by atoms with Crippen molar-refractivity contribution in [1.29, 1.82) is 0 Å². The number of halogens is 2. The second-order valence-corrected chi connectivity index (χ2v) is 7.83. The third kappa shape index (κ3) is 5.43. The maximum absolute atomic E-state index is 13.5. The minimum absolute atomic E-state index is 0.208. The summed E-state index contributed by atoms with van der Waals surface area (Å²) in [4.78, 5) is 14.5. The molecule has 0 aliphatic rings. The first-order valence-electron chi connectivity index (χ1n) is 11.0. The van der Waals surface area contributed by atoms with Crippen molar-refractivity contribution in [3.8, 4) is 22.5 Å². The van der Waals surface area contributed by atoms with Gasteiger partial charge in [-0.25, -0.2) is 18.7 Å². The maximum atomic E-state index is 13.5. The fourth-order valence-corrected chi connectivity index (χ4v) is 3.60. The zero-order chi connectivity index (χ0) is 23.9. The highest BCUT2D eigenvalue weighted by Gasteiger charge is 2.16. The van der Waals surface area contributed by atoms with Gasteiger partial charge in [-0.2, -0.15) is 0 Å². The Morgan fingerprint density at radius 1 is 1.00 bits per heavy atom. The molecule has 2 amide bonds.